The van der Waals surface area contributed by atoms with Gasteiger partial charge in [-0.1, -0.05) is 18.9 Å². The lowest BCUT2D eigenvalue weighted by molar-refractivity contribution is -0.140. The molecule has 332 valence electrons. The van der Waals surface area contributed by atoms with E-state index >= 15 is 8.78 Å². The number of hydrogen-bond acceptors (Lipinski definition) is 13. The summed E-state index contributed by atoms with van der Waals surface area (Å²) in [6.07, 6.45) is 7.23. The number of aromatic nitrogens is 2. The molecule has 0 spiro atoms. The molecule has 4 fully saturated rings. The molecule has 19 heteroatoms. The molecular weight excluding hydrogens is 819 g/mol. The maximum absolute atomic E-state index is 15.1. The molecule has 2 atom stereocenters. The molecule has 0 radical (unpaired) electrons. The number of fused-ring (bicyclic) bond motifs is 2. The number of nitrogens with zero attached hydrogens (tertiary/aromatic N) is 7. The average Bonchev–Trinajstić information content (AvgIpc) is 4.03. The number of hydrogen-bond donors (Lipinski definition) is 3. The number of benzene rings is 2. The van der Waals surface area contributed by atoms with Crippen molar-refractivity contribution in [3.63, 3.8) is 0 Å². The van der Waals surface area contributed by atoms with Gasteiger partial charge in [0.2, 0.25) is 17.8 Å². The number of halogens is 2. The summed E-state index contributed by atoms with van der Waals surface area (Å²) in [6.45, 7) is 3.09. The number of nitrogens with one attached hydrogen (secondary N) is 3. The highest BCUT2D eigenvalue weighted by atomic mass is 19.3. The molecule has 1 aromatic heterocycles. The number of imide groups is 2. The maximum Gasteiger partial charge on any atom is 0.342 e. The highest BCUT2D eigenvalue weighted by Gasteiger charge is 2.49. The van der Waals surface area contributed by atoms with Crippen LogP contribution in [-0.4, -0.2) is 133 Å². The van der Waals surface area contributed by atoms with E-state index in [1.54, 1.807) is 35.2 Å². The van der Waals surface area contributed by atoms with E-state index in [2.05, 4.69) is 35.7 Å². The SMILES string of the molecule is COc1cc(C(=O)NC2CCN(C[C@@H]3CCN(c4cccc5c4C(=O)N(C4CCC(=O)NC4=O)C5=O)C3)CC2)ccc1Nc1ncc2c(n1)N(C1CCCC1)CC(F)(F)C(=O)N2C. The number of likely N-dealkylation sites (tertiary alicyclic amines) is 1. The Labute approximate surface area is 362 Å². The average molecular weight is 869 g/mol. The third-order valence-electron chi connectivity index (χ3n) is 13.4. The highest BCUT2D eigenvalue weighted by Crippen LogP contribution is 2.41. The molecule has 17 nitrogen and oxygen atoms in total. The van der Waals surface area contributed by atoms with Crippen LogP contribution in [0.3, 0.4) is 0 Å². The Kier molecular flexibility index (Phi) is 11.2. The summed E-state index contributed by atoms with van der Waals surface area (Å²) in [6, 6.07) is 8.96. The molecule has 1 saturated carbocycles. The molecular formula is C44H50F2N10O7. The van der Waals surface area contributed by atoms with E-state index in [0.29, 0.717) is 47.3 Å². The first-order chi connectivity index (χ1) is 30.3. The molecule has 6 heterocycles. The Hall–Kier alpha value is -6.24. The van der Waals surface area contributed by atoms with Gasteiger partial charge in [-0.05, 0) is 74.8 Å². The van der Waals surface area contributed by atoms with Gasteiger partial charge >= 0.3 is 5.92 Å². The van der Waals surface area contributed by atoms with Crippen molar-refractivity contribution in [2.24, 2.45) is 5.92 Å². The van der Waals surface area contributed by atoms with E-state index in [0.717, 1.165) is 74.4 Å². The molecule has 5 aliphatic heterocycles. The quantitative estimate of drug-likeness (QED) is 0.251. The number of rotatable bonds is 10. The first kappa shape index (κ1) is 42.1. The lowest BCUT2D eigenvalue weighted by Gasteiger charge is -2.34. The van der Waals surface area contributed by atoms with E-state index in [1.165, 1.54) is 20.4 Å². The fourth-order valence-electron chi connectivity index (χ4n) is 10.0. The van der Waals surface area contributed by atoms with Crippen LogP contribution in [0.1, 0.15) is 88.9 Å². The normalized spacial score (nSPS) is 23.2. The van der Waals surface area contributed by atoms with Gasteiger partial charge in [-0.2, -0.15) is 13.8 Å². The van der Waals surface area contributed by atoms with Crippen LogP contribution in [0.2, 0.25) is 0 Å². The van der Waals surface area contributed by atoms with Gasteiger partial charge in [0, 0.05) is 63.8 Å². The summed E-state index contributed by atoms with van der Waals surface area (Å²) < 4.78 is 35.8. The number of ether oxygens (including phenoxy) is 1. The highest BCUT2D eigenvalue weighted by molar-refractivity contribution is 6.25. The van der Waals surface area contributed by atoms with E-state index in [4.69, 9.17) is 4.74 Å². The van der Waals surface area contributed by atoms with Gasteiger partial charge in [-0.25, -0.2) is 4.98 Å². The van der Waals surface area contributed by atoms with Crippen molar-refractivity contribution in [3.8, 4) is 5.75 Å². The van der Waals surface area contributed by atoms with Crippen molar-refractivity contribution in [1.82, 2.24) is 30.4 Å². The standard InChI is InChI=1S/C44H50F2N10O7/c1-52-33-21-47-43(51-37(33)55(28-6-3-4-7-28)24-44(45,46)42(52)62)49-30-11-10-26(20-34(30)63-2)38(58)48-27-15-17-53(18-16-27)22-25-14-19-54(23-25)31-9-5-8-29-36(31)41(61)56(40(29)60)32-12-13-35(57)50-39(32)59/h5,8-11,20-21,25,27-28,32H,3-4,6-7,12-19,22-24H2,1-2H3,(H,48,58)(H,47,49,51)(H,50,57,59)/t25-,32?/m0/s1. The van der Waals surface area contributed by atoms with Gasteiger partial charge in [-0.15, -0.1) is 0 Å². The Bertz CT molecular complexity index is 2370. The van der Waals surface area contributed by atoms with E-state index < -0.39 is 48.0 Å². The number of amides is 6. The van der Waals surface area contributed by atoms with Crippen molar-refractivity contribution in [2.45, 2.75) is 81.8 Å². The van der Waals surface area contributed by atoms with Crippen LogP contribution in [0.5, 0.6) is 5.75 Å². The molecule has 3 N–H and O–H groups in total. The summed E-state index contributed by atoms with van der Waals surface area (Å²) in [7, 11) is 2.79. The Morgan fingerprint density at radius 3 is 2.48 bits per heavy atom. The number of carbonyl (C=O) groups is 6. The van der Waals surface area contributed by atoms with Gasteiger partial charge in [0.05, 0.1) is 42.4 Å². The zero-order chi connectivity index (χ0) is 44.2. The van der Waals surface area contributed by atoms with Gasteiger partial charge in [0.15, 0.2) is 5.82 Å². The monoisotopic (exact) mass is 868 g/mol. The minimum atomic E-state index is -3.59. The molecule has 2 aromatic carbocycles. The smallest absolute Gasteiger partial charge is 0.342 e. The second-order valence-corrected chi connectivity index (χ2v) is 17.4. The Balaban J connectivity index is 0.789. The van der Waals surface area contributed by atoms with Crippen LogP contribution in [-0.2, 0) is 14.4 Å². The fraction of sp³-hybridized carbons (Fsp3) is 0.500. The van der Waals surface area contributed by atoms with Gasteiger partial charge in [-0.3, -0.25) is 39.0 Å². The summed E-state index contributed by atoms with van der Waals surface area (Å²) in [5.74, 6) is -6.14. The predicted octanol–water partition coefficient (Wildman–Crippen LogP) is 3.71. The predicted molar refractivity (Wildman–Crippen MR) is 227 cm³/mol. The lowest BCUT2D eigenvalue weighted by atomic mass is 10.0. The molecule has 9 rings (SSSR count). The van der Waals surface area contributed by atoms with Crippen molar-refractivity contribution in [1.29, 1.82) is 0 Å². The molecule has 1 unspecified atom stereocenters. The van der Waals surface area contributed by atoms with Crippen molar-refractivity contribution in [3.05, 3.63) is 59.3 Å². The zero-order valence-corrected chi connectivity index (χ0v) is 35.2. The molecule has 6 amide bonds. The molecule has 1 aliphatic carbocycles. The number of alkyl halides is 2. The van der Waals surface area contributed by atoms with Crippen LogP contribution in [0.15, 0.2) is 42.6 Å². The minimum Gasteiger partial charge on any atom is -0.495 e. The van der Waals surface area contributed by atoms with E-state index in [-0.39, 0.29) is 53.8 Å². The van der Waals surface area contributed by atoms with E-state index in [1.807, 2.05) is 6.07 Å². The van der Waals surface area contributed by atoms with Gasteiger partial charge in [0.25, 0.3) is 23.6 Å². The van der Waals surface area contributed by atoms with Crippen LogP contribution >= 0.6 is 0 Å². The van der Waals surface area contributed by atoms with Gasteiger partial charge < -0.3 is 35.0 Å². The van der Waals surface area contributed by atoms with Crippen LogP contribution in [0.25, 0.3) is 0 Å². The minimum absolute atomic E-state index is 0.0337. The topological polar surface area (TPSA) is 190 Å². The first-order valence-corrected chi connectivity index (χ1v) is 21.7. The maximum atomic E-state index is 15.1. The third-order valence-corrected chi connectivity index (χ3v) is 13.4. The number of carbonyl (C=O) groups excluding carboxylic acids is 6. The van der Waals surface area contributed by atoms with Crippen molar-refractivity contribution >= 4 is 64.3 Å². The molecule has 3 saturated heterocycles. The summed E-state index contributed by atoms with van der Waals surface area (Å²) in [4.78, 5) is 94.5. The number of piperidine rings is 2. The van der Waals surface area contributed by atoms with Crippen molar-refractivity contribution in [2.75, 3.05) is 73.4 Å². The first-order valence-electron chi connectivity index (χ1n) is 21.7. The number of anilines is 5. The Morgan fingerprint density at radius 1 is 0.952 bits per heavy atom. The largest absolute Gasteiger partial charge is 0.495 e. The molecule has 3 aromatic rings. The number of methoxy groups -OCH3 is 1. The molecule has 0 bridgehead atoms. The van der Waals surface area contributed by atoms with Crippen LogP contribution in [0.4, 0.5) is 37.6 Å². The second-order valence-electron chi connectivity index (χ2n) is 17.4. The third kappa shape index (κ3) is 8.02. The second kappa shape index (κ2) is 16.8. The van der Waals surface area contributed by atoms with E-state index in [9.17, 15) is 28.8 Å². The summed E-state index contributed by atoms with van der Waals surface area (Å²) >= 11 is 0. The summed E-state index contributed by atoms with van der Waals surface area (Å²) in [5, 5.41) is 8.53. The molecule has 63 heavy (non-hydrogen) atoms. The van der Waals surface area contributed by atoms with Crippen molar-refractivity contribution < 1.29 is 42.3 Å². The summed E-state index contributed by atoms with van der Waals surface area (Å²) in [5.41, 5.74) is 2.33. The van der Waals surface area contributed by atoms with Crippen LogP contribution < -0.4 is 35.4 Å². The zero-order valence-electron chi connectivity index (χ0n) is 35.2. The Morgan fingerprint density at radius 2 is 1.73 bits per heavy atom. The lowest BCUT2D eigenvalue weighted by Crippen LogP contribution is -2.54. The van der Waals surface area contributed by atoms with Gasteiger partial charge in [0.1, 0.15) is 17.5 Å². The molecule has 6 aliphatic rings. The van der Waals surface area contributed by atoms with Crippen LogP contribution in [0, 0.1) is 5.92 Å². The fourth-order valence-corrected chi connectivity index (χ4v) is 10.0.